The lowest BCUT2D eigenvalue weighted by Gasteiger charge is -2.58. The maximum Gasteiger partial charge on any atom is 0.316 e. The Hall–Kier alpha value is -1.73. The van der Waals surface area contributed by atoms with Gasteiger partial charge in [0.25, 0.3) is 5.91 Å². The van der Waals surface area contributed by atoms with Crippen molar-refractivity contribution in [3.8, 4) is 6.01 Å². The van der Waals surface area contributed by atoms with Crippen molar-refractivity contribution in [3.05, 3.63) is 17.5 Å². The molecule has 0 radical (unpaired) electrons. The van der Waals surface area contributed by atoms with Crippen LogP contribution in [0.3, 0.4) is 0 Å². The van der Waals surface area contributed by atoms with Crippen molar-refractivity contribution >= 4 is 5.91 Å². The van der Waals surface area contributed by atoms with E-state index in [2.05, 4.69) is 15.3 Å². The highest BCUT2D eigenvalue weighted by Crippen LogP contribution is 2.55. The highest BCUT2D eigenvalue weighted by molar-refractivity contribution is 5.95. The molecule has 4 aliphatic carbocycles. The summed E-state index contributed by atoms with van der Waals surface area (Å²) in [5, 5.41) is 14.1. The van der Waals surface area contributed by atoms with Gasteiger partial charge in [-0.15, -0.1) is 0 Å². The SMILES string of the molecule is CC(C)Oc1ncc(C(=O)NC2C3CC4CC2CC(O)(C4)C3)c([C@H]2CCCO2)n1. The third-order valence-corrected chi connectivity index (χ3v) is 7.16. The van der Waals surface area contributed by atoms with Crippen molar-refractivity contribution in [2.45, 2.75) is 82.6 Å². The Morgan fingerprint density at radius 2 is 2.07 bits per heavy atom. The molecule has 2 N–H and O–H groups in total. The van der Waals surface area contributed by atoms with E-state index in [1.807, 2.05) is 13.8 Å². The summed E-state index contributed by atoms with van der Waals surface area (Å²) >= 11 is 0. The number of carbonyl (C=O) groups excluding carboxylic acids is 1. The molecule has 0 aromatic carbocycles. The Morgan fingerprint density at radius 1 is 1.31 bits per heavy atom. The number of nitrogens with one attached hydrogen (secondary N) is 1. The monoisotopic (exact) mass is 401 g/mol. The Bertz CT molecular complexity index is 776. The molecule has 1 aromatic rings. The molecule has 1 aliphatic heterocycles. The Morgan fingerprint density at radius 3 is 2.69 bits per heavy atom. The highest BCUT2D eigenvalue weighted by atomic mass is 16.5. The molecule has 29 heavy (non-hydrogen) atoms. The van der Waals surface area contributed by atoms with Crippen LogP contribution >= 0.6 is 0 Å². The van der Waals surface area contributed by atoms with Crippen LogP contribution in [0, 0.1) is 17.8 Å². The summed E-state index contributed by atoms with van der Waals surface area (Å²) in [5.41, 5.74) is 0.619. The number of ether oxygens (including phenoxy) is 2. The first kappa shape index (κ1) is 19.2. The first-order chi connectivity index (χ1) is 13.9. The van der Waals surface area contributed by atoms with Crippen molar-refractivity contribution in [1.82, 2.24) is 15.3 Å². The number of aromatic nitrogens is 2. The normalized spacial score (nSPS) is 37.9. The predicted octanol–water partition coefficient (Wildman–Crippen LogP) is 2.78. The zero-order valence-corrected chi connectivity index (χ0v) is 17.3. The van der Waals surface area contributed by atoms with Gasteiger partial charge in [-0.1, -0.05) is 0 Å². The molecule has 7 heteroatoms. The van der Waals surface area contributed by atoms with Gasteiger partial charge in [0.15, 0.2) is 0 Å². The zero-order chi connectivity index (χ0) is 20.2. The number of hydrogen-bond donors (Lipinski definition) is 2. The lowest BCUT2D eigenvalue weighted by molar-refractivity contribution is -0.136. The van der Waals surface area contributed by atoms with E-state index in [-0.39, 0.29) is 24.2 Å². The molecule has 5 aliphatic rings. The number of nitrogens with zero attached hydrogens (tertiary/aromatic N) is 2. The third-order valence-electron chi connectivity index (χ3n) is 7.16. The van der Waals surface area contributed by atoms with Crippen molar-refractivity contribution in [2.24, 2.45) is 17.8 Å². The standard InChI is InChI=1S/C22H31N3O4/c1-12(2)29-21-23-11-16(19(25-21)17-4-3-5-28-17)20(26)24-18-14-6-13-7-15(18)10-22(27,8-13)9-14/h11-15,17-18,27H,3-10H2,1-2H3,(H,24,26)/t13?,14?,15?,17-,18?,22?/m1/s1. The van der Waals surface area contributed by atoms with Crippen LogP contribution in [0.4, 0.5) is 0 Å². The lowest BCUT2D eigenvalue weighted by Crippen LogP contribution is -2.61. The van der Waals surface area contributed by atoms with Crippen LogP contribution in [-0.2, 0) is 4.74 Å². The number of rotatable bonds is 5. The van der Waals surface area contributed by atoms with Gasteiger partial charge in [0.1, 0.15) is 6.10 Å². The second-order valence-corrected chi connectivity index (χ2v) is 9.81. The fourth-order valence-corrected chi connectivity index (χ4v) is 6.31. The molecule has 4 bridgehead atoms. The topological polar surface area (TPSA) is 93.6 Å². The number of aliphatic hydroxyl groups is 1. The molecule has 7 nitrogen and oxygen atoms in total. The van der Waals surface area contributed by atoms with E-state index in [1.165, 1.54) is 0 Å². The second kappa shape index (κ2) is 7.20. The third kappa shape index (κ3) is 3.63. The number of hydrogen-bond acceptors (Lipinski definition) is 6. The maximum atomic E-state index is 13.3. The second-order valence-electron chi connectivity index (χ2n) is 9.81. The summed E-state index contributed by atoms with van der Waals surface area (Å²) in [4.78, 5) is 22.1. The average Bonchev–Trinajstić information content (AvgIpc) is 3.17. The Labute approximate surface area is 171 Å². The molecule has 3 atom stereocenters. The summed E-state index contributed by atoms with van der Waals surface area (Å²) in [7, 11) is 0. The van der Waals surface area contributed by atoms with Gasteiger partial charge in [-0.05, 0) is 76.5 Å². The molecule has 6 rings (SSSR count). The minimum absolute atomic E-state index is 0.0362. The number of amides is 1. The molecule has 2 unspecified atom stereocenters. The molecule has 0 spiro atoms. The fourth-order valence-electron chi connectivity index (χ4n) is 6.31. The minimum atomic E-state index is -0.500. The largest absolute Gasteiger partial charge is 0.461 e. The van der Waals surface area contributed by atoms with Crippen molar-refractivity contribution < 1.29 is 19.4 Å². The van der Waals surface area contributed by atoms with E-state index in [9.17, 15) is 9.90 Å². The molecule has 1 aromatic heterocycles. The van der Waals surface area contributed by atoms with E-state index in [0.29, 0.717) is 41.6 Å². The Balaban J connectivity index is 1.38. The zero-order valence-electron chi connectivity index (χ0n) is 17.3. The van der Waals surface area contributed by atoms with Crippen molar-refractivity contribution in [2.75, 3.05) is 6.61 Å². The Kier molecular flexibility index (Phi) is 4.78. The molecule has 5 fully saturated rings. The lowest BCUT2D eigenvalue weighted by atomic mass is 9.52. The van der Waals surface area contributed by atoms with Crippen LogP contribution < -0.4 is 10.1 Å². The molecule has 1 saturated heterocycles. The van der Waals surface area contributed by atoms with Gasteiger partial charge < -0.3 is 19.9 Å². The average molecular weight is 402 g/mol. The van der Waals surface area contributed by atoms with E-state index < -0.39 is 5.60 Å². The molecule has 158 valence electrons. The van der Waals surface area contributed by atoms with Gasteiger partial charge in [0.2, 0.25) is 0 Å². The van der Waals surface area contributed by atoms with Gasteiger partial charge >= 0.3 is 6.01 Å². The summed E-state index contributed by atoms with van der Waals surface area (Å²) < 4.78 is 11.5. The van der Waals surface area contributed by atoms with Gasteiger partial charge in [-0.3, -0.25) is 4.79 Å². The van der Waals surface area contributed by atoms with Gasteiger partial charge in [-0.25, -0.2) is 4.98 Å². The van der Waals surface area contributed by atoms with Gasteiger partial charge in [0, 0.05) is 18.8 Å². The molecule has 1 amide bonds. The van der Waals surface area contributed by atoms with Crippen LogP contribution in [0.15, 0.2) is 6.20 Å². The quantitative estimate of drug-likeness (QED) is 0.788. The summed E-state index contributed by atoms with van der Waals surface area (Å²) in [6.07, 6.45) is 7.95. The smallest absolute Gasteiger partial charge is 0.316 e. The molecular weight excluding hydrogens is 370 g/mol. The molecular formula is C22H31N3O4. The van der Waals surface area contributed by atoms with E-state index in [1.54, 1.807) is 6.20 Å². The van der Waals surface area contributed by atoms with Crippen molar-refractivity contribution in [3.63, 3.8) is 0 Å². The van der Waals surface area contributed by atoms with E-state index >= 15 is 0 Å². The molecule has 2 heterocycles. The van der Waals surface area contributed by atoms with Crippen molar-refractivity contribution in [1.29, 1.82) is 0 Å². The molecule has 4 saturated carbocycles. The van der Waals surface area contributed by atoms with Gasteiger partial charge in [-0.2, -0.15) is 4.98 Å². The van der Waals surface area contributed by atoms with Gasteiger partial charge in [0.05, 0.1) is 23.0 Å². The number of carbonyl (C=O) groups is 1. The van der Waals surface area contributed by atoms with Crippen LogP contribution in [0.2, 0.25) is 0 Å². The fraction of sp³-hybridized carbons (Fsp3) is 0.773. The first-order valence-corrected chi connectivity index (χ1v) is 11.1. The minimum Gasteiger partial charge on any atom is -0.461 e. The summed E-state index contributed by atoms with van der Waals surface area (Å²) in [6.45, 7) is 4.54. The summed E-state index contributed by atoms with van der Waals surface area (Å²) in [5.74, 6) is 1.22. The van der Waals surface area contributed by atoms with Crippen LogP contribution in [0.1, 0.15) is 80.9 Å². The van der Waals surface area contributed by atoms with Crippen LogP contribution in [-0.4, -0.2) is 45.3 Å². The maximum absolute atomic E-state index is 13.3. The van der Waals surface area contributed by atoms with E-state index in [4.69, 9.17) is 9.47 Å². The summed E-state index contributed by atoms with van der Waals surface area (Å²) in [6, 6.07) is 0.419. The first-order valence-electron chi connectivity index (χ1n) is 11.1. The van der Waals surface area contributed by atoms with E-state index in [0.717, 1.165) is 44.9 Å². The highest BCUT2D eigenvalue weighted by Gasteiger charge is 2.55. The van der Waals surface area contributed by atoms with Crippen LogP contribution in [0.5, 0.6) is 6.01 Å². The van der Waals surface area contributed by atoms with Crippen LogP contribution in [0.25, 0.3) is 0 Å². The predicted molar refractivity (Wildman–Crippen MR) is 105 cm³/mol.